The number of ether oxygens (including phenoxy) is 1. The van der Waals surface area contributed by atoms with Crippen LogP contribution in [0.4, 0.5) is 0 Å². The van der Waals surface area contributed by atoms with Crippen LogP contribution < -0.4 is 0 Å². The molecule has 0 fully saturated rings. The summed E-state index contributed by atoms with van der Waals surface area (Å²) in [6.45, 7) is 0.0308. The first-order chi connectivity index (χ1) is 14.8. The lowest BCUT2D eigenvalue weighted by Crippen LogP contribution is -2.26. The van der Waals surface area contributed by atoms with E-state index in [-0.39, 0.29) is 13.0 Å². The van der Waals surface area contributed by atoms with Crippen LogP contribution in [0, 0.1) is 0 Å². The van der Waals surface area contributed by atoms with Crippen molar-refractivity contribution in [3.8, 4) is 0 Å². The molecule has 0 saturated carbocycles. The van der Waals surface area contributed by atoms with Crippen molar-refractivity contribution in [1.82, 2.24) is 0 Å². The molecular formula is C20H41O10P. The Bertz CT molecular complexity index is 477. The summed E-state index contributed by atoms with van der Waals surface area (Å²) in [6.07, 6.45) is 10.7. The summed E-state index contributed by atoms with van der Waals surface area (Å²) in [4.78, 5) is 25.3. The second kappa shape index (κ2) is 20.1. The van der Waals surface area contributed by atoms with Gasteiger partial charge in [0.25, 0.3) is 0 Å². The Hall–Kier alpha value is -0.580. The molecule has 0 rings (SSSR count). The van der Waals surface area contributed by atoms with E-state index in [1.165, 1.54) is 51.4 Å². The first kappa shape index (κ1) is 30.4. The Labute approximate surface area is 185 Å². The monoisotopic (exact) mass is 472 g/mol. The average molecular weight is 473 g/mol. The summed E-state index contributed by atoms with van der Waals surface area (Å²) >= 11 is 0. The van der Waals surface area contributed by atoms with Gasteiger partial charge in [-0.15, -0.1) is 0 Å². The fourth-order valence-corrected chi connectivity index (χ4v) is 3.54. The minimum Gasteiger partial charge on any atom is -0.463 e. The van der Waals surface area contributed by atoms with Crippen molar-refractivity contribution in [3.63, 3.8) is 0 Å². The molecule has 186 valence electrons. The summed E-state index contributed by atoms with van der Waals surface area (Å²) < 4.78 is 25.6. The maximum absolute atomic E-state index is 11.8. The first-order valence-electron chi connectivity index (χ1n) is 11.2. The third kappa shape index (κ3) is 19.8. The molecule has 2 unspecified atom stereocenters. The number of esters is 1. The number of phosphoric ester groups is 1. The maximum Gasteiger partial charge on any atom is 0.472 e. The number of carbonyl (C=O) groups excluding carboxylic acids is 1. The van der Waals surface area contributed by atoms with Gasteiger partial charge < -0.3 is 19.8 Å². The molecule has 11 heteroatoms. The molecule has 0 saturated heterocycles. The molecule has 3 atom stereocenters. The molecule has 10 nitrogen and oxygen atoms in total. The molecule has 0 aliphatic carbocycles. The number of carbonyl (C=O) groups is 1. The van der Waals surface area contributed by atoms with Gasteiger partial charge in [0.1, 0.15) is 12.7 Å². The Balaban J connectivity index is 3.74. The van der Waals surface area contributed by atoms with Crippen LogP contribution in [-0.4, -0.2) is 65.0 Å². The molecule has 0 aromatic rings. The highest BCUT2D eigenvalue weighted by Gasteiger charge is 2.25. The number of hydrogen-bond acceptors (Lipinski definition) is 9. The Morgan fingerprint density at radius 1 is 0.871 bits per heavy atom. The first-order valence-corrected chi connectivity index (χ1v) is 12.7. The van der Waals surface area contributed by atoms with Crippen molar-refractivity contribution in [2.45, 2.75) is 96.2 Å². The summed E-state index contributed by atoms with van der Waals surface area (Å²) in [6, 6.07) is 0. The minimum absolute atomic E-state index is 0.247. The third-order valence-electron chi connectivity index (χ3n) is 4.63. The molecule has 0 radical (unpaired) electrons. The topological polar surface area (TPSA) is 152 Å². The predicted octanol–water partition coefficient (Wildman–Crippen LogP) is 3.58. The van der Waals surface area contributed by atoms with Crippen LogP contribution in [0.25, 0.3) is 0 Å². The van der Waals surface area contributed by atoms with E-state index in [9.17, 15) is 14.3 Å². The SMILES string of the molecule is CCCCCCCCCCCCCC(=O)OC[C@H](COP(=O)(O)OCC(O)CO)OO. The van der Waals surface area contributed by atoms with Crippen LogP contribution in [0.15, 0.2) is 0 Å². The van der Waals surface area contributed by atoms with Gasteiger partial charge in [-0.1, -0.05) is 71.1 Å². The van der Waals surface area contributed by atoms with Gasteiger partial charge in [-0.05, 0) is 6.42 Å². The van der Waals surface area contributed by atoms with Crippen LogP contribution >= 0.6 is 7.82 Å². The predicted molar refractivity (Wildman–Crippen MR) is 114 cm³/mol. The van der Waals surface area contributed by atoms with Crippen molar-refractivity contribution < 1.29 is 48.4 Å². The van der Waals surface area contributed by atoms with Crippen molar-refractivity contribution >= 4 is 13.8 Å². The van der Waals surface area contributed by atoms with Crippen LogP contribution in [0.3, 0.4) is 0 Å². The maximum atomic E-state index is 11.8. The van der Waals surface area contributed by atoms with Gasteiger partial charge in [-0.25, -0.2) is 9.45 Å². The van der Waals surface area contributed by atoms with Gasteiger partial charge in [0.15, 0.2) is 6.10 Å². The lowest BCUT2D eigenvalue weighted by Gasteiger charge is -2.17. The quantitative estimate of drug-likeness (QED) is 0.0605. The molecule has 4 N–H and O–H groups in total. The molecule has 0 aromatic carbocycles. The van der Waals surface area contributed by atoms with E-state index >= 15 is 0 Å². The summed E-state index contributed by atoms with van der Waals surface area (Å²) in [5.41, 5.74) is 0. The van der Waals surface area contributed by atoms with E-state index in [1.807, 2.05) is 0 Å². The molecule has 0 spiro atoms. The Morgan fingerprint density at radius 3 is 1.90 bits per heavy atom. The van der Waals surface area contributed by atoms with Gasteiger partial charge in [0, 0.05) is 6.42 Å². The number of phosphoric acid groups is 1. The van der Waals surface area contributed by atoms with Gasteiger partial charge in [-0.3, -0.25) is 19.1 Å². The molecule has 0 aliphatic heterocycles. The Kier molecular flexibility index (Phi) is 19.7. The number of unbranched alkanes of at least 4 members (excludes halogenated alkanes) is 10. The largest absolute Gasteiger partial charge is 0.472 e. The molecule has 0 amide bonds. The number of rotatable bonds is 22. The van der Waals surface area contributed by atoms with Gasteiger partial charge in [0.05, 0.1) is 19.8 Å². The molecule has 0 heterocycles. The fourth-order valence-electron chi connectivity index (χ4n) is 2.75. The minimum atomic E-state index is -4.52. The van der Waals surface area contributed by atoms with Crippen molar-refractivity contribution in [1.29, 1.82) is 0 Å². The summed E-state index contributed by atoms with van der Waals surface area (Å²) in [5, 5.41) is 26.5. The highest BCUT2D eigenvalue weighted by atomic mass is 31.2. The average Bonchev–Trinajstić information content (AvgIpc) is 2.75. The van der Waals surface area contributed by atoms with E-state index in [0.29, 0.717) is 6.42 Å². The molecule has 0 bridgehead atoms. The van der Waals surface area contributed by atoms with Crippen LogP contribution in [0.1, 0.15) is 84.0 Å². The number of aliphatic hydroxyl groups is 2. The normalized spacial score (nSPS) is 15.4. The van der Waals surface area contributed by atoms with Crippen molar-refractivity contribution in [2.24, 2.45) is 0 Å². The highest BCUT2D eigenvalue weighted by Crippen LogP contribution is 2.43. The molecule has 0 aromatic heterocycles. The summed E-state index contributed by atoms with van der Waals surface area (Å²) in [5.74, 6) is -0.451. The second-order valence-corrected chi connectivity index (χ2v) is 9.05. The second-order valence-electron chi connectivity index (χ2n) is 7.59. The van der Waals surface area contributed by atoms with E-state index in [2.05, 4.69) is 20.9 Å². The fraction of sp³-hybridized carbons (Fsp3) is 0.950. The van der Waals surface area contributed by atoms with Gasteiger partial charge >= 0.3 is 13.8 Å². The zero-order valence-electron chi connectivity index (χ0n) is 18.7. The van der Waals surface area contributed by atoms with Gasteiger partial charge in [0.2, 0.25) is 0 Å². The number of hydrogen-bond donors (Lipinski definition) is 4. The van der Waals surface area contributed by atoms with Crippen molar-refractivity contribution in [2.75, 3.05) is 26.4 Å². The van der Waals surface area contributed by atoms with E-state index in [0.717, 1.165) is 12.8 Å². The van der Waals surface area contributed by atoms with Crippen LogP contribution in [0.5, 0.6) is 0 Å². The van der Waals surface area contributed by atoms with E-state index in [4.69, 9.17) is 20.2 Å². The van der Waals surface area contributed by atoms with Crippen molar-refractivity contribution in [3.05, 3.63) is 0 Å². The lowest BCUT2D eigenvalue weighted by molar-refractivity contribution is -0.290. The molecule has 0 aliphatic rings. The zero-order chi connectivity index (χ0) is 23.4. The van der Waals surface area contributed by atoms with E-state index < -0.39 is 45.8 Å². The number of aliphatic hydroxyl groups excluding tert-OH is 2. The standard InChI is InChI=1S/C20H41O10P/c1-2-3-4-5-6-7-8-9-10-11-12-13-20(23)27-16-19(30-24)17-29-31(25,26)28-15-18(22)14-21/h18-19,21-22,24H,2-17H2,1H3,(H,25,26)/t18?,19-/m1/s1. The van der Waals surface area contributed by atoms with Gasteiger partial charge in [-0.2, -0.15) is 0 Å². The highest BCUT2D eigenvalue weighted by molar-refractivity contribution is 7.47. The summed E-state index contributed by atoms with van der Waals surface area (Å²) in [7, 11) is -4.52. The van der Waals surface area contributed by atoms with Crippen LogP contribution in [-0.2, 0) is 28.0 Å². The third-order valence-corrected chi connectivity index (χ3v) is 5.58. The lowest BCUT2D eigenvalue weighted by atomic mass is 10.1. The molecular weight excluding hydrogens is 431 g/mol. The smallest absolute Gasteiger partial charge is 0.463 e. The zero-order valence-corrected chi connectivity index (χ0v) is 19.5. The Morgan fingerprint density at radius 2 is 1.39 bits per heavy atom. The van der Waals surface area contributed by atoms with E-state index in [1.54, 1.807) is 0 Å². The molecule has 31 heavy (non-hydrogen) atoms. The van der Waals surface area contributed by atoms with Crippen LogP contribution in [0.2, 0.25) is 0 Å².